The standard InChI is InChI=1S/C23H19FN6O6/c24-16-12-30(22(33)27-19(16)25)18-11-17(35-21(32)15-9-5-2-6-10-15)23(36-18,28-29-26)13-34-20(31)14-7-3-1-4-8-14/h1-10,12,17-18H,11,13H2,(H2,25,27,33). The lowest BCUT2D eigenvalue weighted by atomic mass is 10.1. The first-order valence-electron chi connectivity index (χ1n) is 10.6. The second kappa shape index (κ2) is 10.3. The SMILES string of the molecule is [N-]=[N+]=NC1(COC(=O)c2ccccc2)OC(n2cc(F)c(N)nc2=O)CC1OC(=O)c1ccccc1. The van der Waals surface area contributed by atoms with Crippen molar-refractivity contribution in [3.8, 4) is 0 Å². The van der Waals surface area contributed by atoms with E-state index < -0.39 is 53.9 Å². The van der Waals surface area contributed by atoms with Crippen molar-refractivity contribution in [3.05, 3.63) is 105 Å². The lowest BCUT2D eigenvalue weighted by Crippen LogP contribution is -2.45. The Balaban J connectivity index is 1.67. The number of hydrogen-bond acceptors (Lipinski definition) is 9. The van der Waals surface area contributed by atoms with Crippen LogP contribution in [0.1, 0.15) is 33.4 Å². The number of nitrogens with two attached hydrogens (primary N) is 1. The predicted octanol–water partition coefficient (Wildman–Crippen LogP) is 2.97. The van der Waals surface area contributed by atoms with Crippen molar-refractivity contribution in [2.75, 3.05) is 12.3 Å². The van der Waals surface area contributed by atoms with Gasteiger partial charge in [0.1, 0.15) is 18.9 Å². The van der Waals surface area contributed by atoms with E-state index in [1.165, 1.54) is 24.3 Å². The molecule has 12 nitrogen and oxygen atoms in total. The zero-order chi connectivity index (χ0) is 25.7. The average molecular weight is 494 g/mol. The number of anilines is 1. The third kappa shape index (κ3) is 5.02. The third-order valence-electron chi connectivity index (χ3n) is 5.40. The first-order valence-corrected chi connectivity index (χ1v) is 10.6. The Morgan fingerprint density at radius 1 is 1.17 bits per heavy atom. The minimum atomic E-state index is -2.08. The van der Waals surface area contributed by atoms with Crippen LogP contribution >= 0.6 is 0 Å². The molecule has 3 aromatic rings. The molecule has 1 saturated heterocycles. The van der Waals surface area contributed by atoms with Crippen molar-refractivity contribution in [3.63, 3.8) is 0 Å². The maximum atomic E-state index is 14.1. The van der Waals surface area contributed by atoms with Crippen LogP contribution in [0.25, 0.3) is 10.4 Å². The Kier molecular flexibility index (Phi) is 6.95. The molecule has 4 rings (SSSR count). The first-order chi connectivity index (χ1) is 17.3. The summed E-state index contributed by atoms with van der Waals surface area (Å²) in [5.41, 5.74) is 12.0. The van der Waals surface area contributed by atoms with Gasteiger partial charge in [0.05, 0.1) is 17.3 Å². The van der Waals surface area contributed by atoms with Gasteiger partial charge < -0.3 is 19.9 Å². The molecule has 0 aliphatic carbocycles. The van der Waals surface area contributed by atoms with E-state index in [4.69, 9.17) is 19.9 Å². The van der Waals surface area contributed by atoms with E-state index in [0.717, 1.165) is 10.8 Å². The Morgan fingerprint density at radius 2 is 1.78 bits per heavy atom. The third-order valence-corrected chi connectivity index (χ3v) is 5.40. The number of benzene rings is 2. The van der Waals surface area contributed by atoms with Gasteiger partial charge in [0, 0.05) is 11.3 Å². The predicted molar refractivity (Wildman–Crippen MR) is 122 cm³/mol. The molecule has 1 aliphatic heterocycles. The van der Waals surface area contributed by atoms with Gasteiger partial charge in [0.15, 0.2) is 11.6 Å². The molecule has 3 atom stereocenters. The summed E-state index contributed by atoms with van der Waals surface area (Å²) in [7, 11) is 0. The van der Waals surface area contributed by atoms with Crippen molar-refractivity contribution < 1.29 is 28.2 Å². The molecule has 1 fully saturated rings. The molecule has 36 heavy (non-hydrogen) atoms. The number of hydrogen-bond donors (Lipinski definition) is 1. The van der Waals surface area contributed by atoms with Gasteiger partial charge in [-0.15, -0.1) is 0 Å². The molecule has 0 bridgehead atoms. The second-order valence-electron chi connectivity index (χ2n) is 7.71. The molecule has 2 heterocycles. The van der Waals surface area contributed by atoms with E-state index in [2.05, 4.69) is 15.0 Å². The number of nitrogen functional groups attached to an aromatic ring is 1. The Labute approximate surface area is 202 Å². The quantitative estimate of drug-likeness (QED) is 0.226. The van der Waals surface area contributed by atoms with Gasteiger partial charge in [-0.3, -0.25) is 4.57 Å². The van der Waals surface area contributed by atoms with Gasteiger partial charge in [-0.05, 0) is 29.8 Å². The molecular weight excluding hydrogens is 475 g/mol. The van der Waals surface area contributed by atoms with E-state index in [1.807, 2.05) is 0 Å². The highest BCUT2D eigenvalue weighted by Gasteiger charge is 2.53. The normalized spacial score (nSPS) is 20.8. The summed E-state index contributed by atoms with van der Waals surface area (Å²) in [4.78, 5) is 43.9. The largest absolute Gasteiger partial charge is 0.459 e. The minimum absolute atomic E-state index is 0.189. The molecule has 184 valence electrons. The lowest BCUT2D eigenvalue weighted by molar-refractivity contribution is -0.128. The highest BCUT2D eigenvalue weighted by Crippen LogP contribution is 2.40. The minimum Gasteiger partial charge on any atom is -0.459 e. The summed E-state index contributed by atoms with van der Waals surface area (Å²) in [6, 6.07) is 15.9. The lowest BCUT2D eigenvalue weighted by Gasteiger charge is -2.28. The number of halogens is 1. The van der Waals surface area contributed by atoms with Crippen LogP contribution < -0.4 is 11.4 Å². The smallest absolute Gasteiger partial charge is 0.351 e. The fraction of sp³-hybridized carbons (Fsp3) is 0.217. The van der Waals surface area contributed by atoms with Crippen molar-refractivity contribution in [2.24, 2.45) is 5.11 Å². The van der Waals surface area contributed by atoms with Gasteiger partial charge >= 0.3 is 17.6 Å². The van der Waals surface area contributed by atoms with Crippen LogP contribution in [0.2, 0.25) is 0 Å². The van der Waals surface area contributed by atoms with Crippen LogP contribution in [-0.4, -0.2) is 39.9 Å². The molecule has 0 spiro atoms. The molecule has 2 aromatic carbocycles. The molecule has 2 N–H and O–H groups in total. The molecule has 0 radical (unpaired) electrons. The molecule has 13 heteroatoms. The van der Waals surface area contributed by atoms with Crippen LogP contribution in [0, 0.1) is 5.82 Å². The monoisotopic (exact) mass is 494 g/mol. The van der Waals surface area contributed by atoms with E-state index in [9.17, 15) is 24.3 Å². The van der Waals surface area contributed by atoms with Gasteiger partial charge in [-0.1, -0.05) is 41.5 Å². The van der Waals surface area contributed by atoms with E-state index >= 15 is 0 Å². The maximum Gasteiger partial charge on any atom is 0.351 e. The highest BCUT2D eigenvalue weighted by atomic mass is 19.1. The fourth-order valence-corrected chi connectivity index (χ4v) is 3.62. The number of nitrogens with zero attached hydrogens (tertiary/aromatic N) is 5. The average Bonchev–Trinajstić information content (AvgIpc) is 3.23. The van der Waals surface area contributed by atoms with Crippen molar-refractivity contribution in [1.82, 2.24) is 9.55 Å². The summed E-state index contributed by atoms with van der Waals surface area (Å²) < 4.78 is 31.6. The van der Waals surface area contributed by atoms with E-state index in [-0.39, 0.29) is 17.5 Å². The summed E-state index contributed by atoms with van der Waals surface area (Å²) in [5.74, 6) is -3.15. The number of aromatic nitrogens is 2. The zero-order valence-electron chi connectivity index (χ0n) is 18.6. The Hall–Kier alpha value is -4.74. The molecule has 1 aliphatic rings. The Morgan fingerprint density at radius 3 is 2.39 bits per heavy atom. The summed E-state index contributed by atoms with van der Waals surface area (Å²) >= 11 is 0. The Bertz CT molecular complexity index is 1380. The summed E-state index contributed by atoms with van der Waals surface area (Å²) in [6.07, 6.45) is -2.12. The number of ether oxygens (including phenoxy) is 3. The summed E-state index contributed by atoms with van der Waals surface area (Å²) in [6.45, 7) is -0.673. The zero-order valence-corrected chi connectivity index (χ0v) is 18.6. The van der Waals surface area contributed by atoms with E-state index in [1.54, 1.807) is 36.4 Å². The highest BCUT2D eigenvalue weighted by molar-refractivity contribution is 5.90. The van der Waals surface area contributed by atoms with Crippen molar-refractivity contribution in [1.29, 1.82) is 0 Å². The molecular formula is C23H19FN6O6. The van der Waals surface area contributed by atoms with Gasteiger partial charge in [-0.25, -0.2) is 18.8 Å². The van der Waals surface area contributed by atoms with Crippen LogP contribution in [0.5, 0.6) is 0 Å². The first kappa shape index (κ1) is 24.4. The molecule has 3 unspecified atom stereocenters. The van der Waals surface area contributed by atoms with E-state index in [0.29, 0.717) is 0 Å². The van der Waals surface area contributed by atoms with Gasteiger partial charge in [0.25, 0.3) is 0 Å². The summed E-state index contributed by atoms with van der Waals surface area (Å²) in [5, 5.41) is 3.64. The van der Waals surface area contributed by atoms with Crippen molar-refractivity contribution in [2.45, 2.75) is 24.5 Å². The number of rotatable bonds is 7. The van der Waals surface area contributed by atoms with Crippen LogP contribution in [-0.2, 0) is 14.2 Å². The molecule has 1 aromatic heterocycles. The fourth-order valence-electron chi connectivity index (χ4n) is 3.62. The van der Waals surface area contributed by atoms with Crippen LogP contribution in [0.3, 0.4) is 0 Å². The second-order valence-corrected chi connectivity index (χ2v) is 7.71. The maximum absolute atomic E-state index is 14.1. The topological polar surface area (TPSA) is 171 Å². The van der Waals surface area contributed by atoms with Crippen molar-refractivity contribution >= 4 is 17.8 Å². The molecule has 0 saturated carbocycles. The number of azide groups is 1. The number of esters is 2. The van der Waals surface area contributed by atoms with Crippen LogP contribution in [0.15, 0.2) is 76.8 Å². The van der Waals surface area contributed by atoms with Gasteiger partial charge in [0.2, 0.25) is 5.72 Å². The molecule has 0 amide bonds. The van der Waals surface area contributed by atoms with Gasteiger partial charge in [-0.2, -0.15) is 4.98 Å². The number of carbonyl (C=O) groups excluding carboxylic acids is 2. The van der Waals surface area contributed by atoms with Crippen LogP contribution in [0.4, 0.5) is 10.2 Å². The number of carbonyl (C=O) groups is 2.